The number of Topliss-reactive ketones (excluding diaryl/α,β-unsaturated/α-hetero) is 1. The van der Waals surface area contributed by atoms with E-state index < -0.39 is 10.8 Å². The summed E-state index contributed by atoms with van der Waals surface area (Å²) in [5.74, 6) is -0.116. The van der Waals surface area contributed by atoms with Gasteiger partial charge in [-0.3, -0.25) is 9.59 Å². The van der Waals surface area contributed by atoms with Gasteiger partial charge in [-0.05, 0) is 57.6 Å². The molecule has 0 saturated carbocycles. The Balaban J connectivity index is 2.29. The van der Waals surface area contributed by atoms with E-state index in [4.69, 9.17) is 9.47 Å². The third kappa shape index (κ3) is 7.39. The van der Waals surface area contributed by atoms with E-state index >= 15 is 0 Å². The lowest BCUT2D eigenvalue weighted by molar-refractivity contribution is -0.165. The minimum absolute atomic E-state index is 0.160. The lowest BCUT2D eigenvalue weighted by Gasteiger charge is -2.40. The predicted octanol–water partition coefficient (Wildman–Crippen LogP) is 5.93. The molecule has 172 valence electrons. The Morgan fingerprint density at radius 2 is 1.94 bits per heavy atom. The molecule has 0 radical (unpaired) electrons. The van der Waals surface area contributed by atoms with Gasteiger partial charge in [0.25, 0.3) is 0 Å². The average Bonchev–Trinajstić information content (AvgIpc) is 3.08. The number of esters is 1. The summed E-state index contributed by atoms with van der Waals surface area (Å²) in [5.41, 5.74) is 0.495. The van der Waals surface area contributed by atoms with Crippen LogP contribution in [0.3, 0.4) is 0 Å². The van der Waals surface area contributed by atoms with Crippen LogP contribution >= 0.6 is 11.3 Å². The topological polar surface area (TPSA) is 65.5 Å². The fourth-order valence-corrected chi connectivity index (χ4v) is 3.99. The number of cyclic esters (lactones) is 1. The van der Waals surface area contributed by atoms with Crippen molar-refractivity contribution in [2.24, 2.45) is 10.8 Å². The molecule has 2 heterocycles. The molecule has 1 aromatic heterocycles. The minimum Gasteiger partial charge on any atom is -0.457 e. The summed E-state index contributed by atoms with van der Waals surface area (Å²) >= 11 is 1.60. The zero-order valence-corrected chi connectivity index (χ0v) is 20.6. The quantitative estimate of drug-likeness (QED) is 0.415. The van der Waals surface area contributed by atoms with E-state index in [9.17, 15) is 9.59 Å². The van der Waals surface area contributed by atoms with Crippen LogP contribution in [0.4, 0.5) is 0 Å². The molecule has 1 aromatic rings. The van der Waals surface area contributed by atoms with Crippen LogP contribution in [0.15, 0.2) is 23.1 Å². The molecule has 1 aliphatic heterocycles. The summed E-state index contributed by atoms with van der Waals surface area (Å²) in [4.78, 5) is 30.3. The average molecular weight is 448 g/mol. The van der Waals surface area contributed by atoms with E-state index in [1.165, 1.54) is 0 Å². The number of rotatable bonds is 2. The molecule has 0 aliphatic carbocycles. The van der Waals surface area contributed by atoms with Crippen molar-refractivity contribution < 1.29 is 19.1 Å². The van der Waals surface area contributed by atoms with Crippen LogP contribution < -0.4 is 0 Å². The van der Waals surface area contributed by atoms with Gasteiger partial charge in [0.15, 0.2) is 0 Å². The summed E-state index contributed by atoms with van der Waals surface area (Å²) in [7, 11) is 0. The van der Waals surface area contributed by atoms with Gasteiger partial charge in [-0.15, -0.1) is 11.3 Å². The van der Waals surface area contributed by atoms with Crippen LogP contribution in [0.5, 0.6) is 0 Å². The Morgan fingerprint density at radius 3 is 2.61 bits per heavy atom. The summed E-state index contributed by atoms with van der Waals surface area (Å²) in [6, 6.07) is 0. The largest absolute Gasteiger partial charge is 0.457 e. The zero-order valence-electron chi connectivity index (χ0n) is 19.8. The minimum atomic E-state index is -0.810. The van der Waals surface area contributed by atoms with Gasteiger partial charge in [0, 0.05) is 31.2 Å². The van der Waals surface area contributed by atoms with Crippen molar-refractivity contribution in [3.63, 3.8) is 0 Å². The molecule has 0 saturated heterocycles. The first-order valence-corrected chi connectivity index (χ1v) is 12.0. The second-order valence-electron chi connectivity index (χ2n) is 9.51. The lowest BCUT2D eigenvalue weighted by atomic mass is 9.65. The molecular formula is C25H37NO4S. The van der Waals surface area contributed by atoms with Crippen molar-refractivity contribution >= 4 is 29.2 Å². The van der Waals surface area contributed by atoms with Crippen LogP contribution in [-0.4, -0.2) is 36.1 Å². The Bertz CT molecular complexity index is 819. The van der Waals surface area contributed by atoms with Crippen LogP contribution in [0, 0.1) is 17.8 Å². The molecule has 2 rings (SSSR count). The fourth-order valence-electron chi connectivity index (χ4n) is 3.42. The monoisotopic (exact) mass is 447 g/mol. The maximum Gasteiger partial charge on any atom is 0.312 e. The lowest BCUT2D eigenvalue weighted by Crippen LogP contribution is -2.43. The molecule has 6 heteroatoms. The van der Waals surface area contributed by atoms with Crippen LogP contribution in [0.1, 0.15) is 77.4 Å². The van der Waals surface area contributed by atoms with Crippen molar-refractivity contribution in [1.82, 2.24) is 4.98 Å². The number of ether oxygens (including phenoxy) is 2. The van der Waals surface area contributed by atoms with Crippen molar-refractivity contribution in [3.05, 3.63) is 33.8 Å². The maximum atomic E-state index is 13.3. The number of carbonyl (C=O) groups excluding carboxylic acids is 2. The highest BCUT2D eigenvalue weighted by atomic mass is 32.1. The van der Waals surface area contributed by atoms with E-state index in [0.29, 0.717) is 38.9 Å². The van der Waals surface area contributed by atoms with Gasteiger partial charge >= 0.3 is 5.97 Å². The number of aryl methyl sites for hydroxylation is 1. The highest BCUT2D eigenvalue weighted by molar-refractivity contribution is 7.09. The summed E-state index contributed by atoms with van der Waals surface area (Å²) in [6.07, 6.45) is 8.63. The van der Waals surface area contributed by atoms with Gasteiger partial charge in [0.1, 0.15) is 11.9 Å². The molecule has 31 heavy (non-hydrogen) atoms. The molecule has 1 atom stereocenters. The highest BCUT2D eigenvalue weighted by Gasteiger charge is 2.46. The first kappa shape index (κ1) is 25.5. The number of ketones is 1. The van der Waals surface area contributed by atoms with Gasteiger partial charge in [-0.2, -0.15) is 0 Å². The fraction of sp³-hybridized carbons (Fsp3) is 0.640. The summed E-state index contributed by atoms with van der Waals surface area (Å²) in [6.45, 7) is 12.9. The molecule has 0 spiro atoms. The van der Waals surface area contributed by atoms with E-state index in [1.54, 1.807) is 11.3 Å². The predicted molar refractivity (Wildman–Crippen MR) is 126 cm³/mol. The normalized spacial score (nSPS) is 24.1. The van der Waals surface area contributed by atoms with Crippen LogP contribution in [-0.2, 0) is 19.1 Å². The SMILES string of the molecule is CC(=Cc1csc(C)n1)C1CC=CCCOCCCC(=O)CC(C)(C)C(C)(C)C(=O)O1. The Hall–Kier alpha value is -1.79. The molecule has 0 amide bonds. The molecule has 0 fully saturated rings. The van der Waals surface area contributed by atoms with Gasteiger partial charge in [0.2, 0.25) is 0 Å². The molecule has 1 unspecified atom stereocenters. The molecule has 5 nitrogen and oxygen atoms in total. The molecular weight excluding hydrogens is 410 g/mol. The third-order valence-electron chi connectivity index (χ3n) is 6.30. The molecule has 0 N–H and O–H groups in total. The van der Waals surface area contributed by atoms with Gasteiger partial charge < -0.3 is 9.47 Å². The number of carbonyl (C=O) groups is 2. The number of aromatic nitrogens is 1. The number of nitrogens with zero attached hydrogens (tertiary/aromatic N) is 1. The first-order valence-electron chi connectivity index (χ1n) is 11.1. The molecule has 0 bridgehead atoms. The van der Waals surface area contributed by atoms with E-state index in [1.807, 2.05) is 53.0 Å². The maximum absolute atomic E-state index is 13.3. The van der Waals surface area contributed by atoms with Gasteiger partial charge in [-0.25, -0.2) is 4.98 Å². The Kier molecular flexibility index (Phi) is 9.19. The highest BCUT2D eigenvalue weighted by Crippen LogP contribution is 2.43. The molecule has 1 aliphatic rings. The van der Waals surface area contributed by atoms with E-state index in [-0.39, 0.29) is 17.9 Å². The van der Waals surface area contributed by atoms with Crippen LogP contribution in [0.25, 0.3) is 6.08 Å². The van der Waals surface area contributed by atoms with Crippen molar-refractivity contribution in [3.8, 4) is 0 Å². The van der Waals surface area contributed by atoms with E-state index in [0.717, 1.165) is 22.7 Å². The van der Waals surface area contributed by atoms with Gasteiger partial charge in [0.05, 0.1) is 22.7 Å². The second-order valence-corrected chi connectivity index (χ2v) is 10.6. The van der Waals surface area contributed by atoms with Gasteiger partial charge in [-0.1, -0.05) is 26.0 Å². The standard InChI is InChI=1S/C25H37NO4S/c1-18(15-20-17-31-19(2)26-20)22-12-8-7-9-13-29-14-10-11-21(27)16-24(3,4)25(5,6)23(28)30-22/h7-8,15,17,22H,9-14,16H2,1-6H3. The Labute approximate surface area is 190 Å². The number of hydrogen-bond acceptors (Lipinski definition) is 6. The second kappa shape index (κ2) is 11.2. The third-order valence-corrected chi connectivity index (χ3v) is 7.09. The van der Waals surface area contributed by atoms with Crippen molar-refractivity contribution in [2.45, 2.75) is 79.8 Å². The van der Waals surface area contributed by atoms with E-state index in [2.05, 4.69) is 17.1 Å². The zero-order chi connectivity index (χ0) is 23.1. The molecule has 0 aromatic carbocycles. The smallest absolute Gasteiger partial charge is 0.312 e. The first-order chi connectivity index (χ1) is 14.5. The van der Waals surface area contributed by atoms with Crippen LogP contribution in [0.2, 0.25) is 0 Å². The summed E-state index contributed by atoms with van der Waals surface area (Å²) in [5, 5.41) is 3.00. The van der Waals surface area contributed by atoms with Crippen molar-refractivity contribution in [1.29, 1.82) is 0 Å². The summed E-state index contributed by atoms with van der Waals surface area (Å²) < 4.78 is 11.7. The Morgan fingerprint density at radius 1 is 1.19 bits per heavy atom. The number of thiazole rings is 1. The number of hydrogen-bond donors (Lipinski definition) is 0. The van der Waals surface area contributed by atoms with Crippen molar-refractivity contribution in [2.75, 3.05) is 13.2 Å².